The molecule has 0 aliphatic carbocycles. The van der Waals surface area contributed by atoms with Crippen molar-refractivity contribution >= 4 is 16.1 Å². The molecule has 0 saturated carbocycles. The Bertz CT molecular complexity index is 661. The molecule has 8 heteroatoms. The SMILES string of the molecule is CO[C@@H]1[C@@H](OC)[C@@H](OCC[Si](C)(C)C)O[C@H](COCc2ccccc2)[C@H]1OCC[Si](C)(C)C. The van der Waals surface area contributed by atoms with Crippen molar-refractivity contribution in [2.75, 3.05) is 34.0 Å². The minimum atomic E-state index is -1.23. The summed E-state index contributed by atoms with van der Waals surface area (Å²) in [5, 5.41) is 0. The fourth-order valence-corrected chi connectivity index (χ4v) is 5.17. The zero-order valence-electron chi connectivity index (χ0n) is 22.0. The molecule has 1 heterocycles. The Hall–Kier alpha value is -0.586. The number of ether oxygens (including phenoxy) is 6. The van der Waals surface area contributed by atoms with Gasteiger partial charge in [-0.15, -0.1) is 0 Å². The molecule has 5 atom stereocenters. The van der Waals surface area contributed by atoms with E-state index in [2.05, 4.69) is 51.4 Å². The predicted molar refractivity (Wildman–Crippen MR) is 138 cm³/mol. The van der Waals surface area contributed by atoms with Gasteiger partial charge in [0.15, 0.2) is 6.29 Å². The van der Waals surface area contributed by atoms with E-state index in [1.807, 2.05) is 18.2 Å². The lowest BCUT2D eigenvalue weighted by Crippen LogP contribution is -2.61. The van der Waals surface area contributed by atoms with Crippen molar-refractivity contribution in [1.29, 1.82) is 0 Å². The van der Waals surface area contributed by atoms with Crippen LogP contribution >= 0.6 is 0 Å². The fraction of sp³-hybridized carbons (Fsp3) is 0.760. The lowest BCUT2D eigenvalue weighted by atomic mass is 9.98. The molecule has 1 aromatic rings. The van der Waals surface area contributed by atoms with Crippen molar-refractivity contribution in [2.45, 2.75) is 88.7 Å². The molecule has 0 radical (unpaired) electrons. The fourth-order valence-electron chi connectivity index (χ4n) is 3.71. The standard InChI is InChI=1S/C25H46O6Si2/c1-26-23-22(29-14-16-32(3,4)5)21(19-28-18-20-12-10-9-11-13-20)31-25(24(23)27-2)30-15-17-33(6,7)8/h9-13,21-25H,14-19H2,1-8H3/t21-,22-,23+,24-,25+/m1/s1. The highest BCUT2D eigenvalue weighted by atomic mass is 28.3. The van der Waals surface area contributed by atoms with Crippen LogP contribution in [0.1, 0.15) is 5.56 Å². The van der Waals surface area contributed by atoms with Crippen LogP contribution in [0.25, 0.3) is 0 Å². The van der Waals surface area contributed by atoms with E-state index in [4.69, 9.17) is 28.4 Å². The topological polar surface area (TPSA) is 55.4 Å². The Morgan fingerprint density at radius 2 is 1.33 bits per heavy atom. The second kappa shape index (κ2) is 13.5. The monoisotopic (exact) mass is 498 g/mol. The van der Waals surface area contributed by atoms with Gasteiger partial charge in [0.25, 0.3) is 0 Å². The molecule has 0 spiro atoms. The Morgan fingerprint density at radius 3 is 1.88 bits per heavy atom. The number of benzene rings is 1. The summed E-state index contributed by atoms with van der Waals surface area (Å²) < 4.78 is 36.8. The summed E-state index contributed by atoms with van der Waals surface area (Å²) in [4.78, 5) is 0. The minimum absolute atomic E-state index is 0.288. The van der Waals surface area contributed by atoms with Crippen LogP contribution in [0.5, 0.6) is 0 Å². The van der Waals surface area contributed by atoms with Crippen LogP contribution in [0.4, 0.5) is 0 Å². The van der Waals surface area contributed by atoms with E-state index in [9.17, 15) is 0 Å². The maximum atomic E-state index is 6.42. The molecule has 6 nitrogen and oxygen atoms in total. The number of hydrogen-bond acceptors (Lipinski definition) is 6. The van der Waals surface area contributed by atoms with Gasteiger partial charge in [-0.05, 0) is 17.7 Å². The van der Waals surface area contributed by atoms with E-state index in [1.54, 1.807) is 14.2 Å². The van der Waals surface area contributed by atoms with E-state index in [-0.39, 0.29) is 24.4 Å². The van der Waals surface area contributed by atoms with Gasteiger partial charge in [0.05, 0.1) is 13.2 Å². The van der Waals surface area contributed by atoms with Crippen LogP contribution in [0, 0.1) is 0 Å². The van der Waals surface area contributed by atoms with E-state index >= 15 is 0 Å². The average Bonchev–Trinajstić information content (AvgIpc) is 2.73. The highest BCUT2D eigenvalue weighted by molar-refractivity contribution is 6.76. The summed E-state index contributed by atoms with van der Waals surface area (Å²) in [6, 6.07) is 12.3. The first-order valence-corrected chi connectivity index (χ1v) is 19.5. The first-order chi connectivity index (χ1) is 15.5. The second-order valence-corrected chi connectivity index (χ2v) is 22.5. The molecule has 0 aromatic heterocycles. The van der Waals surface area contributed by atoms with Gasteiger partial charge in [0, 0.05) is 43.6 Å². The average molecular weight is 499 g/mol. The van der Waals surface area contributed by atoms with Gasteiger partial charge in [0.1, 0.15) is 24.4 Å². The van der Waals surface area contributed by atoms with E-state index in [0.717, 1.165) is 17.7 Å². The Morgan fingerprint density at radius 1 is 0.758 bits per heavy atom. The quantitative estimate of drug-likeness (QED) is 0.335. The lowest BCUT2D eigenvalue weighted by molar-refractivity contribution is -0.315. The van der Waals surface area contributed by atoms with E-state index < -0.39 is 22.4 Å². The predicted octanol–water partition coefficient (Wildman–Crippen LogP) is 5.04. The van der Waals surface area contributed by atoms with Gasteiger partial charge in [-0.2, -0.15) is 0 Å². The van der Waals surface area contributed by atoms with Gasteiger partial charge < -0.3 is 28.4 Å². The molecular weight excluding hydrogens is 452 g/mol. The van der Waals surface area contributed by atoms with Crippen LogP contribution < -0.4 is 0 Å². The van der Waals surface area contributed by atoms with Gasteiger partial charge in [0.2, 0.25) is 0 Å². The van der Waals surface area contributed by atoms with Gasteiger partial charge in [-0.1, -0.05) is 69.6 Å². The van der Waals surface area contributed by atoms with Crippen molar-refractivity contribution in [3.8, 4) is 0 Å². The van der Waals surface area contributed by atoms with Crippen molar-refractivity contribution in [3.63, 3.8) is 0 Å². The molecule has 190 valence electrons. The molecule has 0 unspecified atom stereocenters. The third kappa shape index (κ3) is 10.3. The summed E-state index contributed by atoms with van der Waals surface area (Å²) in [6.07, 6.45) is -1.77. The number of rotatable bonds is 14. The Labute approximate surface area is 203 Å². The van der Waals surface area contributed by atoms with Crippen molar-refractivity contribution in [3.05, 3.63) is 35.9 Å². The minimum Gasteiger partial charge on any atom is -0.376 e. The zero-order chi connectivity index (χ0) is 24.5. The largest absolute Gasteiger partial charge is 0.376 e. The molecule has 1 fully saturated rings. The summed E-state index contributed by atoms with van der Waals surface area (Å²) >= 11 is 0. The number of hydrogen-bond donors (Lipinski definition) is 0. The molecule has 0 bridgehead atoms. The van der Waals surface area contributed by atoms with Gasteiger partial charge in [-0.3, -0.25) is 0 Å². The summed E-state index contributed by atoms with van der Waals surface area (Å²) in [5.41, 5.74) is 1.13. The van der Waals surface area contributed by atoms with Crippen LogP contribution in [-0.2, 0) is 35.0 Å². The highest BCUT2D eigenvalue weighted by Gasteiger charge is 2.48. The molecule has 1 aromatic carbocycles. The Kier molecular flexibility index (Phi) is 11.7. The summed E-state index contributed by atoms with van der Waals surface area (Å²) in [6.45, 7) is 16.3. The summed E-state index contributed by atoms with van der Waals surface area (Å²) in [7, 11) is 0.935. The zero-order valence-corrected chi connectivity index (χ0v) is 24.0. The van der Waals surface area contributed by atoms with Crippen LogP contribution in [0.2, 0.25) is 51.4 Å². The van der Waals surface area contributed by atoms with Crippen LogP contribution in [0.15, 0.2) is 30.3 Å². The smallest absolute Gasteiger partial charge is 0.186 e. The first-order valence-electron chi connectivity index (χ1n) is 12.1. The molecular formula is C25H46O6Si2. The molecule has 0 N–H and O–H groups in total. The van der Waals surface area contributed by atoms with Crippen molar-refractivity contribution in [2.24, 2.45) is 0 Å². The van der Waals surface area contributed by atoms with Crippen molar-refractivity contribution in [1.82, 2.24) is 0 Å². The van der Waals surface area contributed by atoms with Gasteiger partial charge in [-0.25, -0.2) is 0 Å². The normalized spacial score (nSPS) is 26.5. The first kappa shape index (κ1) is 28.6. The maximum Gasteiger partial charge on any atom is 0.186 e. The third-order valence-corrected chi connectivity index (χ3v) is 9.23. The van der Waals surface area contributed by atoms with E-state index in [0.29, 0.717) is 26.4 Å². The molecule has 2 rings (SSSR count). The molecule has 1 saturated heterocycles. The molecule has 1 aliphatic rings. The highest BCUT2D eigenvalue weighted by Crippen LogP contribution is 2.29. The van der Waals surface area contributed by atoms with Crippen LogP contribution in [-0.4, -0.2) is 80.9 Å². The summed E-state index contributed by atoms with van der Waals surface area (Å²) in [5.74, 6) is 0. The third-order valence-electron chi connectivity index (χ3n) is 5.83. The maximum absolute atomic E-state index is 6.42. The van der Waals surface area contributed by atoms with E-state index in [1.165, 1.54) is 0 Å². The van der Waals surface area contributed by atoms with Crippen LogP contribution in [0.3, 0.4) is 0 Å². The second-order valence-electron chi connectivity index (χ2n) is 11.3. The number of methoxy groups -OCH3 is 2. The Balaban J connectivity index is 2.10. The molecule has 33 heavy (non-hydrogen) atoms. The molecule has 1 aliphatic heterocycles. The lowest BCUT2D eigenvalue weighted by Gasteiger charge is -2.45. The molecule has 0 amide bonds. The van der Waals surface area contributed by atoms with Crippen molar-refractivity contribution < 1.29 is 28.4 Å². The van der Waals surface area contributed by atoms with Gasteiger partial charge >= 0.3 is 0 Å².